The average molecular weight is 1090 g/mol. The lowest BCUT2D eigenvalue weighted by Crippen LogP contribution is -2.52. The molecule has 0 atom stereocenters. The van der Waals surface area contributed by atoms with Gasteiger partial charge in [0.1, 0.15) is 28.7 Å². The predicted octanol–water partition coefficient (Wildman–Crippen LogP) is 18.0. The summed E-state index contributed by atoms with van der Waals surface area (Å²) in [5, 5.41) is 0. The molecular formula is C63H88O10Si3. The van der Waals surface area contributed by atoms with Crippen molar-refractivity contribution in [1.82, 2.24) is 0 Å². The zero-order valence-corrected chi connectivity index (χ0v) is 50.2. The average Bonchev–Trinajstić information content (AvgIpc) is 3.38. The van der Waals surface area contributed by atoms with Gasteiger partial charge in [-0.15, -0.1) is 0 Å². The van der Waals surface area contributed by atoms with Gasteiger partial charge >= 0.3 is 26.5 Å². The third-order valence-corrected chi connectivity index (χ3v) is 22.4. The molecule has 0 heterocycles. The van der Waals surface area contributed by atoms with Crippen LogP contribution in [0.15, 0.2) is 121 Å². The lowest BCUT2D eigenvalue weighted by atomic mass is 10.1. The van der Waals surface area contributed by atoms with Gasteiger partial charge in [0.2, 0.25) is 0 Å². The molecular weight excluding hydrogens is 1000 g/mol. The summed E-state index contributed by atoms with van der Waals surface area (Å²) in [5.74, 6) is 1.00. The van der Waals surface area contributed by atoms with Crippen LogP contribution >= 0.6 is 0 Å². The summed E-state index contributed by atoms with van der Waals surface area (Å²) < 4.78 is 42.1. The van der Waals surface area contributed by atoms with Crippen LogP contribution in [0.25, 0.3) is 11.1 Å². The van der Waals surface area contributed by atoms with Crippen LogP contribution in [-0.4, -0.2) is 56.3 Å². The largest absolute Gasteiger partial charge is 0.494 e. The molecule has 0 aliphatic carbocycles. The Bertz CT molecular complexity index is 2450. The van der Waals surface area contributed by atoms with E-state index in [4.69, 9.17) is 31.9 Å². The zero-order chi connectivity index (χ0) is 54.7. The molecule has 0 spiro atoms. The normalized spacial score (nSPS) is 11.8. The summed E-state index contributed by atoms with van der Waals surface area (Å²) in [4.78, 5) is 39.0. The lowest BCUT2D eigenvalue weighted by molar-refractivity contribution is 0.0723. The number of esters is 3. The Balaban J connectivity index is 0.940. The predicted molar refractivity (Wildman–Crippen MR) is 316 cm³/mol. The first-order chi connectivity index (χ1) is 36.5. The van der Waals surface area contributed by atoms with Gasteiger partial charge in [0.05, 0.1) is 29.9 Å². The molecule has 0 unspecified atom stereocenters. The first-order valence-electron chi connectivity index (χ1n) is 28.3. The maximum absolute atomic E-state index is 13.1. The van der Waals surface area contributed by atoms with E-state index in [0.29, 0.717) is 47.2 Å². The van der Waals surface area contributed by atoms with Crippen molar-refractivity contribution < 1.29 is 46.3 Å². The minimum absolute atomic E-state index is 0.300. The Morgan fingerprint density at radius 1 is 0.355 bits per heavy atom. The summed E-state index contributed by atoms with van der Waals surface area (Å²) in [6.07, 6.45) is 23.6. The smallest absolute Gasteiger partial charge is 0.343 e. The van der Waals surface area contributed by atoms with E-state index < -0.39 is 43.1 Å². The minimum atomic E-state index is -2.12. The Morgan fingerprint density at radius 2 is 0.697 bits per heavy atom. The van der Waals surface area contributed by atoms with Crippen molar-refractivity contribution in [1.29, 1.82) is 0 Å². The van der Waals surface area contributed by atoms with Crippen LogP contribution in [-0.2, 0) is 8.23 Å². The van der Waals surface area contributed by atoms with Gasteiger partial charge in [0, 0.05) is 0 Å². The molecule has 0 saturated heterocycles. The van der Waals surface area contributed by atoms with Gasteiger partial charge in [0.15, 0.2) is 16.6 Å². The molecule has 76 heavy (non-hydrogen) atoms. The Labute approximate surface area is 459 Å². The molecule has 10 nitrogen and oxygen atoms in total. The summed E-state index contributed by atoms with van der Waals surface area (Å²) in [7, 11) is -5.41. The van der Waals surface area contributed by atoms with Gasteiger partial charge < -0.3 is 31.9 Å². The maximum Gasteiger partial charge on any atom is 0.343 e. The van der Waals surface area contributed by atoms with Crippen LogP contribution in [0, 0.1) is 0 Å². The van der Waals surface area contributed by atoms with Crippen LogP contribution < -0.4 is 23.7 Å². The molecule has 5 aromatic rings. The van der Waals surface area contributed by atoms with Gasteiger partial charge in [0.25, 0.3) is 0 Å². The number of carbonyl (C=O) groups is 3. The minimum Gasteiger partial charge on any atom is -0.494 e. The van der Waals surface area contributed by atoms with Gasteiger partial charge in [-0.2, -0.15) is 0 Å². The van der Waals surface area contributed by atoms with E-state index in [9.17, 15) is 14.4 Å². The van der Waals surface area contributed by atoms with E-state index in [1.54, 1.807) is 91.0 Å². The lowest BCUT2D eigenvalue weighted by Gasteiger charge is -2.38. The number of carbonyl (C=O) groups excluding carboxylic acids is 3. The zero-order valence-electron chi connectivity index (χ0n) is 47.2. The molecule has 0 radical (unpaired) electrons. The highest BCUT2D eigenvalue weighted by molar-refractivity contribution is 6.87. The first kappa shape index (κ1) is 61.5. The summed E-state index contributed by atoms with van der Waals surface area (Å²) in [5.41, 5.74) is 2.79. The van der Waals surface area contributed by atoms with Crippen molar-refractivity contribution in [3.05, 3.63) is 138 Å². The Morgan fingerprint density at radius 3 is 1.09 bits per heavy atom. The number of hydrogen-bond donors (Lipinski definition) is 0. The molecule has 0 saturated carbocycles. The van der Waals surface area contributed by atoms with Crippen molar-refractivity contribution in [2.75, 3.05) is 13.2 Å². The summed E-state index contributed by atoms with van der Waals surface area (Å²) in [6.45, 7) is 19.5. The van der Waals surface area contributed by atoms with E-state index in [1.807, 2.05) is 30.3 Å². The van der Waals surface area contributed by atoms with Crippen molar-refractivity contribution >= 4 is 43.1 Å². The second kappa shape index (κ2) is 32.4. The molecule has 412 valence electrons. The van der Waals surface area contributed by atoms with Crippen LogP contribution in [0.5, 0.6) is 28.7 Å². The second-order valence-electron chi connectivity index (χ2n) is 22.2. The first-order valence-corrected chi connectivity index (χ1v) is 37.6. The van der Waals surface area contributed by atoms with Gasteiger partial charge in [-0.25, -0.2) is 14.4 Å². The molecule has 0 amide bonds. The Kier molecular flexibility index (Phi) is 26.3. The number of unbranched alkanes of at least 4 members (excludes halogenated alkanes) is 17. The molecule has 0 fully saturated rings. The number of rotatable bonds is 36. The molecule has 0 aliphatic rings. The van der Waals surface area contributed by atoms with Gasteiger partial charge in [-0.3, -0.25) is 0 Å². The SMILES string of the molecule is CCCCCCCCCCCCOc1ccc(C(=O)Oc2ccc(C(=O)Oc3cccc(-c4ccc(OC(=O)c5ccc(OCCCCCCCCCCC[Si](C)(O[Si](C)(C)C)O[Si](C)(C)C)cc5)cc4)c3)cc2)cc1. The highest BCUT2D eigenvalue weighted by Gasteiger charge is 2.39. The van der Waals surface area contributed by atoms with Crippen molar-refractivity contribution in [3.8, 4) is 39.9 Å². The van der Waals surface area contributed by atoms with Crippen LogP contribution in [0.2, 0.25) is 51.9 Å². The highest BCUT2D eigenvalue weighted by atomic mass is 28.5. The second-order valence-corrected chi connectivity index (χ2v) is 35.0. The van der Waals surface area contributed by atoms with E-state index in [2.05, 4.69) is 52.8 Å². The summed E-state index contributed by atoms with van der Waals surface area (Å²) >= 11 is 0. The molecule has 5 aromatic carbocycles. The van der Waals surface area contributed by atoms with Gasteiger partial charge in [-0.05, 0) is 173 Å². The van der Waals surface area contributed by atoms with E-state index in [1.165, 1.54) is 96.3 Å². The fraction of sp³-hybridized carbons (Fsp3) is 0.476. The maximum atomic E-state index is 13.1. The van der Waals surface area contributed by atoms with E-state index in [0.717, 1.165) is 54.4 Å². The standard InChI is InChI=1S/C63H88O10Si3/c1-9-10-11-12-13-14-16-19-22-25-47-67-57-41-35-53(36-42-57)62(65)70-59-45-37-54(38-46-59)63(66)71-60-30-28-29-55(50-60)51-31-43-58(44-32-51)69-61(64)52-33-39-56(40-34-52)68-48-26-23-20-17-15-18-21-24-27-49-76(8,72-74(2,3)4)73-75(5,6)7/h28-46,50H,9-27,47-49H2,1-8H3. The van der Waals surface area contributed by atoms with Crippen molar-refractivity contribution in [2.24, 2.45) is 0 Å². The number of hydrogen-bond acceptors (Lipinski definition) is 10. The monoisotopic (exact) mass is 1090 g/mol. The molecule has 0 aromatic heterocycles. The quantitative estimate of drug-likeness (QED) is 0.0166. The Hall–Kier alpha value is -5.32. The summed E-state index contributed by atoms with van der Waals surface area (Å²) in [6, 6.07) is 35.7. The molecule has 13 heteroatoms. The highest BCUT2D eigenvalue weighted by Crippen LogP contribution is 2.29. The number of ether oxygens (including phenoxy) is 5. The van der Waals surface area contributed by atoms with Crippen LogP contribution in [0.3, 0.4) is 0 Å². The van der Waals surface area contributed by atoms with E-state index in [-0.39, 0.29) is 0 Å². The molecule has 0 N–H and O–H groups in total. The fourth-order valence-corrected chi connectivity index (χ4v) is 21.8. The van der Waals surface area contributed by atoms with Crippen LogP contribution in [0.1, 0.15) is 160 Å². The van der Waals surface area contributed by atoms with Crippen molar-refractivity contribution in [3.63, 3.8) is 0 Å². The molecule has 0 bridgehead atoms. The topological polar surface area (TPSA) is 116 Å². The van der Waals surface area contributed by atoms with Crippen molar-refractivity contribution in [2.45, 2.75) is 181 Å². The number of benzene rings is 5. The molecule has 5 rings (SSSR count). The third-order valence-electron chi connectivity index (χ3n) is 12.8. The van der Waals surface area contributed by atoms with Gasteiger partial charge in [-0.1, -0.05) is 140 Å². The third kappa shape index (κ3) is 24.3. The van der Waals surface area contributed by atoms with Crippen LogP contribution in [0.4, 0.5) is 0 Å². The fourth-order valence-electron chi connectivity index (χ4n) is 9.16. The molecule has 0 aliphatic heterocycles. The van der Waals surface area contributed by atoms with E-state index >= 15 is 0 Å².